The van der Waals surface area contributed by atoms with Crippen molar-refractivity contribution in [3.63, 3.8) is 0 Å². The second-order valence-corrected chi connectivity index (χ2v) is 10.8. The second-order valence-electron chi connectivity index (χ2n) is 8.66. The number of hydrogen-bond donors (Lipinski definition) is 0. The topological polar surface area (TPSA) is 58.4 Å². The molecule has 2 aromatic carbocycles. The number of imidazole rings is 1. The maximum atomic E-state index is 12.6. The lowest BCUT2D eigenvalue weighted by atomic mass is 10.0. The van der Waals surface area contributed by atoms with Crippen molar-refractivity contribution >= 4 is 21.1 Å². The first-order chi connectivity index (χ1) is 14.8. The summed E-state index contributed by atoms with van der Waals surface area (Å²) in [6.07, 6.45) is 3.33. The maximum absolute atomic E-state index is 12.6. The SMILES string of the molecule is CCCn1c(CN2CCCC2c2cccc(C)c2)nc2cc(S(=O)(=O)N(C)C)ccc21. The summed E-state index contributed by atoms with van der Waals surface area (Å²) < 4.78 is 28.7. The van der Waals surface area contributed by atoms with Gasteiger partial charge in [-0.2, -0.15) is 0 Å². The highest BCUT2D eigenvalue weighted by Crippen LogP contribution is 2.34. The molecule has 1 aromatic heterocycles. The fraction of sp³-hybridized carbons (Fsp3) is 0.458. The number of aryl methyl sites for hydroxylation is 2. The number of aromatic nitrogens is 2. The molecule has 0 amide bonds. The quantitative estimate of drug-likeness (QED) is 0.548. The van der Waals surface area contributed by atoms with Gasteiger partial charge in [0.25, 0.3) is 0 Å². The Morgan fingerprint density at radius 1 is 1.16 bits per heavy atom. The molecule has 31 heavy (non-hydrogen) atoms. The first kappa shape index (κ1) is 22.0. The fourth-order valence-electron chi connectivity index (χ4n) is 4.58. The Labute approximate surface area is 185 Å². The predicted octanol–water partition coefficient (Wildman–Crippen LogP) is 4.34. The third kappa shape index (κ3) is 4.27. The van der Waals surface area contributed by atoms with Crippen molar-refractivity contribution in [1.82, 2.24) is 18.8 Å². The maximum Gasteiger partial charge on any atom is 0.242 e. The van der Waals surface area contributed by atoms with Crippen LogP contribution in [-0.4, -0.2) is 47.8 Å². The Kier molecular flexibility index (Phi) is 6.19. The first-order valence-corrected chi connectivity index (χ1v) is 12.5. The summed E-state index contributed by atoms with van der Waals surface area (Å²) in [6.45, 7) is 6.99. The van der Waals surface area contributed by atoms with Gasteiger partial charge in [0.2, 0.25) is 10.0 Å². The zero-order valence-electron chi connectivity index (χ0n) is 18.9. The molecule has 0 aliphatic carbocycles. The summed E-state index contributed by atoms with van der Waals surface area (Å²) in [5.41, 5.74) is 4.41. The highest BCUT2D eigenvalue weighted by molar-refractivity contribution is 7.89. The molecule has 166 valence electrons. The van der Waals surface area contributed by atoms with E-state index < -0.39 is 10.0 Å². The predicted molar refractivity (Wildman–Crippen MR) is 124 cm³/mol. The zero-order chi connectivity index (χ0) is 22.2. The van der Waals surface area contributed by atoms with E-state index >= 15 is 0 Å². The van der Waals surface area contributed by atoms with Gasteiger partial charge >= 0.3 is 0 Å². The van der Waals surface area contributed by atoms with Gasteiger partial charge in [0.15, 0.2) is 0 Å². The van der Waals surface area contributed by atoms with Gasteiger partial charge in [-0.1, -0.05) is 36.8 Å². The van der Waals surface area contributed by atoms with E-state index in [4.69, 9.17) is 4.98 Å². The van der Waals surface area contributed by atoms with Crippen LogP contribution in [0.3, 0.4) is 0 Å². The number of benzene rings is 2. The molecule has 1 aliphatic rings. The van der Waals surface area contributed by atoms with Crippen LogP contribution in [0.25, 0.3) is 11.0 Å². The molecule has 0 saturated carbocycles. The van der Waals surface area contributed by atoms with Crippen LogP contribution in [0.15, 0.2) is 47.4 Å². The van der Waals surface area contributed by atoms with Gasteiger partial charge in [-0.15, -0.1) is 0 Å². The van der Waals surface area contributed by atoms with Crippen LogP contribution in [-0.2, 0) is 23.1 Å². The number of hydrogen-bond acceptors (Lipinski definition) is 4. The summed E-state index contributed by atoms with van der Waals surface area (Å²) in [4.78, 5) is 7.71. The largest absolute Gasteiger partial charge is 0.327 e. The minimum absolute atomic E-state index is 0.288. The average Bonchev–Trinajstić information content (AvgIpc) is 3.33. The molecule has 0 radical (unpaired) electrons. The molecule has 0 bridgehead atoms. The molecule has 2 heterocycles. The highest BCUT2D eigenvalue weighted by atomic mass is 32.2. The van der Waals surface area contributed by atoms with Crippen molar-refractivity contribution in [3.8, 4) is 0 Å². The Morgan fingerprint density at radius 2 is 1.97 bits per heavy atom. The van der Waals surface area contributed by atoms with E-state index in [0.29, 0.717) is 6.04 Å². The zero-order valence-corrected chi connectivity index (χ0v) is 19.7. The van der Waals surface area contributed by atoms with Gasteiger partial charge in [0.1, 0.15) is 5.82 Å². The molecular formula is C24H32N4O2S. The minimum Gasteiger partial charge on any atom is -0.327 e. The Balaban J connectivity index is 1.70. The molecule has 1 aliphatic heterocycles. The van der Waals surface area contributed by atoms with Crippen LogP contribution < -0.4 is 0 Å². The van der Waals surface area contributed by atoms with E-state index in [-0.39, 0.29) is 4.90 Å². The third-order valence-electron chi connectivity index (χ3n) is 6.16. The van der Waals surface area contributed by atoms with E-state index in [0.717, 1.165) is 49.3 Å². The number of sulfonamides is 1. The lowest BCUT2D eigenvalue weighted by Crippen LogP contribution is -2.25. The number of rotatable bonds is 7. The molecule has 7 heteroatoms. The molecule has 4 rings (SSSR count). The van der Waals surface area contributed by atoms with Crippen LogP contribution in [0.1, 0.15) is 49.2 Å². The smallest absolute Gasteiger partial charge is 0.242 e. The lowest BCUT2D eigenvalue weighted by molar-refractivity contribution is 0.239. The minimum atomic E-state index is -3.48. The van der Waals surface area contributed by atoms with Crippen LogP contribution in [0, 0.1) is 6.92 Å². The number of fused-ring (bicyclic) bond motifs is 1. The average molecular weight is 441 g/mol. The van der Waals surface area contributed by atoms with E-state index in [1.807, 2.05) is 6.07 Å². The highest BCUT2D eigenvalue weighted by Gasteiger charge is 2.28. The monoisotopic (exact) mass is 440 g/mol. The fourth-order valence-corrected chi connectivity index (χ4v) is 5.50. The molecule has 1 unspecified atom stereocenters. The summed E-state index contributed by atoms with van der Waals surface area (Å²) in [5, 5.41) is 0. The molecule has 0 spiro atoms. The van der Waals surface area contributed by atoms with Gasteiger partial charge < -0.3 is 4.57 Å². The van der Waals surface area contributed by atoms with Crippen molar-refractivity contribution < 1.29 is 8.42 Å². The summed E-state index contributed by atoms with van der Waals surface area (Å²) >= 11 is 0. The van der Waals surface area contributed by atoms with E-state index in [9.17, 15) is 8.42 Å². The standard InChI is InChI=1S/C24H32N4O2S/c1-5-13-28-23-12-11-20(31(29,30)26(3)4)16-21(23)25-24(28)17-27-14-7-10-22(27)19-9-6-8-18(2)15-19/h6,8-9,11-12,15-16,22H,5,7,10,13-14,17H2,1-4H3. The number of likely N-dealkylation sites (tertiary alicyclic amines) is 1. The Hall–Kier alpha value is -2.22. The molecular weight excluding hydrogens is 408 g/mol. The van der Waals surface area contributed by atoms with Crippen LogP contribution >= 0.6 is 0 Å². The van der Waals surface area contributed by atoms with Gasteiger partial charge in [0.05, 0.1) is 22.5 Å². The van der Waals surface area contributed by atoms with E-state index in [1.54, 1.807) is 26.2 Å². The molecule has 1 fully saturated rings. The molecule has 3 aromatic rings. The Morgan fingerprint density at radius 3 is 2.68 bits per heavy atom. The molecule has 6 nitrogen and oxygen atoms in total. The van der Waals surface area contributed by atoms with Crippen molar-refractivity contribution in [2.24, 2.45) is 0 Å². The van der Waals surface area contributed by atoms with Gasteiger partial charge in [-0.05, 0) is 56.5 Å². The van der Waals surface area contributed by atoms with Crippen molar-refractivity contribution in [1.29, 1.82) is 0 Å². The van der Waals surface area contributed by atoms with Crippen LogP contribution in [0.2, 0.25) is 0 Å². The second kappa shape index (κ2) is 8.73. The molecule has 1 atom stereocenters. The van der Waals surface area contributed by atoms with E-state index in [2.05, 4.69) is 47.6 Å². The molecule has 1 saturated heterocycles. The first-order valence-electron chi connectivity index (χ1n) is 11.0. The van der Waals surface area contributed by atoms with Crippen molar-refractivity contribution in [2.45, 2.75) is 57.1 Å². The number of nitrogens with zero attached hydrogens (tertiary/aromatic N) is 4. The summed E-state index contributed by atoms with van der Waals surface area (Å²) in [5.74, 6) is 1.01. The van der Waals surface area contributed by atoms with Crippen molar-refractivity contribution in [2.75, 3.05) is 20.6 Å². The molecule has 0 N–H and O–H groups in total. The van der Waals surface area contributed by atoms with Crippen LogP contribution in [0.5, 0.6) is 0 Å². The third-order valence-corrected chi connectivity index (χ3v) is 7.97. The van der Waals surface area contributed by atoms with Gasteiger partial charge in [-0.3, -0.25) is 4.90 Å². The van der Waals surface area contributed by atoms with E-state index in [1.165, 1.54) is 21.9 Å². The van der Waals surface area contributed by atoms with Gasteiger partial charge in [-0.25, -0.2) is 17.7 Å². The lowest BCUT2D eigenvalue weighted by Gasteiger charge is -2.25. The normalized spacial score (nSPS) is 17.8. The van der Waals surface area contributed by atoms with Crippen LogP contribution in [0.4, 0.5) is 0 Å². The Bertz CT molecular complexity index is 1180. The van der Waals surface area contributed by atoms with Crippen molar-refractivity contribution in [3.05, 3.63) is 59.4 Å². The summed E-state index contributed by atoms with van der Waals surface area (Å²) in [6, 6.07) is 14.5. The van der Waals surface area contributed by atoms with Gasteiger partial charge in [0, 0.05) is 26.7 Å². The summed E-state index contributed by atoms with van der Waals surface area (Å²) in [7, 11) is -0.372.